The first-order chi connectivity index (χ1) is 7.66. The number of aliphatic imine (C=N–C) groups is 1. The number of benzene rings is 1. The lowest BCUT2D eigenvalue weighted by atomic mass is 10.2. The van der Waals surface area contributed by atoms with E-state index in [0.717, 1.165) is 0 Å². The van der Waals surface area contributed by atoms with Crippen LogP contribution < -0.4 is 5.11 Å². The Morgan fingerprint density at radius 2 is 2.19 bits per heavy atom. The van der Waals surface area contributed by atoms with E-state index in [1.165, 1.54) is 12.1 Å². The first kappa shape index (κ1) is 10.8. The first-order valence-electron chi connectivity index (χ1n) is 4.11. The van der Waals surface area contributed by atoms with Crippen LogP contribution in [0.4, 0.5) is 5.95 Å². The Morgan fingerprint density at radius 1 is 1.38 bits per heavy atom. The van der Waals surface area contributed by atoms with Gasteiger partial charge in [-0.1, -0.05) is 34.4 Å². The molecule has 1 aromatic heterocycles. The summed E-state index contributed by atoms with van der Waals surface area (Å²) in [6.07, 6.45) is 0. The predicted octanol–water partition coefficient (Wildman–Crippen LogP) is 0.945. The van der Waals surface area contributed by atoms with Crippen molar-refractivity contribution in [2.75, 3.05) is 0 Å². The molecule has 2 rings (SSSR count). The van der Waals surface area contributed by atoms with Gasteiger partial charge in [0.15, 0.2) is 0 Å². The standard InChI is InChI=1S/C8H5Cl2N5O/c9-4-1-2-5(6(10)3-4)7(16)11-8-12-14-15-13-8/h1-3H,(H2,11,12,13,14,15,16)/p-1. The Balaban J connectivity index is 2.37. The third kappa shape index (κ3) is 2.29. The molecule has 6 nitrogen and oxygen atoms in total. The maximum Gasteiger partial charge on any atom is 0.288 e. The van der Waals surface area contributed by atoms with Crippen LogP contribution in [0, 0.1) is 0 Å². The van der Waals surface area contributed by atoms with Crippen LogP contribution in [0.25, 0.3) is 0 Å². The lowest BCUT2D eigenvalue weighted by molar-refractivity contribution is -0.212. The van der Waals surface area contributed by atoms with E-state index in [0.29, 0.717) is 5.02 Å². The maximum absolute atomic E-state index is 11.6. The van der Waals surface area contributed by atoms with Gasteiger partial charge in [-0.25, -0.2) is 4.99 Å². The molecule has 1 aromatic carbocycles. The van der Waals surface area contributed by atoms with E-state index in [1.807, 2.05) is 0 Å². The van der Waals surface area contributed by atoms with E-state index >= 15 is 0 Å². The molecule has 0 aliphatic rings. The molecular formula is C8H4Cl2N5O-. The number of nitrogens with zero attached hydrogens (tertiary/aromatic N) is 4. The molecule has 0 saturated heterocycles. The number of halogens is 2. The molecule has 0 fully saturated rings. The van der Waals surface area contributed by atoms with Crippen LogP contribution in [-0.2, 0) is 0 Å². The Hall–Kier alpha value is -1.66. The van der Waals surface area contributed by atoms with Gasteiger partial charge >= 0.3 is 0 Å². The van der Waals surface area contributed by atoms with Gasteiger partial charge in [-0.2, -0.15) is 5.21 Å². The SMILES string of the molecule is [O-]C(=Nc1nn[nH]n1)c1ccc(Cl)cc1Cl. The number of hydrogen-bond acceptors (Lipinski definition) is 5. The van der Waals surface area contributed by atoms with E-state index in [4.69, 9.17) is 23.2 Å². The van der Waals surface area contributed by atoms with Crippen molar-refractivity contribution in [2.24, 2.45) is 4.99 Å². The lowest BCUT2D eigenvalue weighted by Gasteiger charge is -2.11. The summed E-state index contributed by atoms with van der Waals surface area (Å²) in [5.41, 5.74) is 0.232. The van der Waals surface area contributed by atoms with Crippen molar-refractivity contribution in [3.8, 4) is 0 Å². The second kappa shape index (κ2) is 4.46. The number of nitrogens with one attached hydrogen (secondary N) is 1. The Labute approximate surface area is 99.9 Å². The molecule has 0 amide bonds. The zero-order chi connectivity index (χ0) is 11.5. The monoisotopic (exact) mass is 256 g/mol. The summed E-state index contributed by atoms with van der Waals surface area (Å²) in [5, 5.41) is 24.8. The van der Waals surface area contributed by atoms with Gasteiger partial charge in [-0.3, -0.25) is 0 Å². The van der Waals surface area contributed by atoms with E-state index in [9.17, 15) is 5.11 Å². The summed E-state index contributed by atoms with van der Waals surface area (Å²) >= 11 is 11.5. The molecule has 2 aromatic rings. The number of hydrogen-bond donors (Lipinski definition) is 1. The minimum atomic E-state index is -0.553. The van der Waals surface area contributed by atoms with E-state index in [-0.39, 0.29) is 16.5 Å². The van der Waals surface area contributed by atoms with Gasteiger partial charge in [-0.15, -0.1) is 5.10 Å². The molecule has 0 saturated carbocycles. The number of aromatic nitrogens is 4. The van der Waals surface area contributed by atoms with E-state index in [1.54, 1.807) is 6.07 Å². The van der Waals surface area contributed by atoms with Crippen LogP contribution in [0.15, 0.2) is 23.2 Å². The molecule has 1 heterocycles. The highest BCUT2D eigenvalue weighted by Crippen LogP contribution is 2.21. The smallest absolute Gasteiger partial charge is 0.288 e. The van der Waals surface area contributed by atoms with Crippen molar-refractivity contribution in [1.82, 2.24) is 20.6 Å². The van der Waals surface area contributed by atoms with Gasteiger partial charge in [0.1, 0.15) is 0 Å². The third-order valence-corrected chi connectivity index (χ3v) is 2.25. The Bertz CT molecular complexity index is 525. The molecule has 16 heavy (non-hydrogen) atoms. The summed E-state index contributed by atoms with van der Waals surface area (Å²) in [6, 6.07) is 4.49. The quantitative estimate of drug-likeness (QED) is 0.640. The highest BCUT2D eigenvalue weighted by molar-refractivity contribution is 6.36. The second-order valence-corrected chi connectivity index (χ2v) is 3.60. The molecule has 0 unspecified atom stereocenters. The van der Waals surface area contributed by atoms with Crippen LogP contribution in [0.2, 0.25) is 10.0 Å². The largest absolute Gasteiger partial charge is 0.858 e. The van der Waals surface area contributed by atoms with Crippen LogP contribution >= 0.6 is 23.2 Å². The summed E-state index contributed by atoms with van der Waals surface area (Å²) in [5.74, 6) is -0.598. The van der Waals surface area contributed by atoms with Crippen LogP contribution in [0.1, 0.15) is 5.56 Å². The number of tetrazole rings is 1. The van der Waals surface area contributed by atoms with Gasteiger partial charge in [-0.05, 0) is 17.3 Å². The van der Waals surface area contributed by atoms with Crippen molar-refractivity contribution in [3.63, 3.8) is 0 Å². The fourth-order valence-electron chi connectivity index (χ4n) is 1.02. The van der Waals surface area contributed by atoms with Crippen molar-refractivity contribution >= 4 is 35.0 Å². The average molecular weight is 257 g/mol. The zero-order valence-corrected chi connectivity index (χ0v) is 9.20. The van der Waals surface area contributed by atoms with Crippen molar-refractivity contribution in [2.45, 2.75) is 0 Å². The van der Waals surface area contributed by atoms with Crippen LogP contribution in [0.3, 0.4) is 0 Å². The van der Waals surface area contributed by atoms with Crippen molar-refractivity contribution < 1.29 is 5.11 Å². The van der Waals surface area contributed by atoms with Crippen LogP contribution in [0.5, 0.6) is 0 Å². The summed E-state index contributed by atoms with van der Waals surface area (Å²) in [4.78, 5) is 3.60. The topological polar surface area (TPSA) is 89.9 Å². The Kier molecular flexibility index (Phi) is 3.02. The molecule has 0 aliphatic heterocycles. The molecule has 0 atom stereocenters. The second-order valence-electron chi connectivity index (χ2n) is 2.75. The average Bonchev–Trinajstić information content (AvgIpc) is 2.70. The molecule has 0 radical (unpaired) electrons. The van der Waals surface area contributed by atoms with E-state index < -0.39 is 5.90 Å². The van der Waals surface area contributed by atoms with Crippen LogP contribution in [-0.4, -0.2) is 26.5 Å². The van der Waals surface area contributed by atoms with Crippen molar-refractivity contribution in [1.29, 1.82) is 0 Å². The van der Waals surface area contributed by atoms with Gasteiger partial charge in [0.25, 0.3) is 5.95 Å². The fourth-order valence-corrected chi connectivity index (χ4v) is 1.51. The Morgan fingerprint density at radius 3 is 2.81 bits per heavy atom. The molecule has 1 N–H and O–H groups in total. The molecule has 0 aliphatic carbocycles. The molecule has 0 spiro atoms. The zero-order valence-electron chi connectivity index (χ0n) is 7.69. The molecular weight excluding hydrogens is 253 g/mol. The summed E-state index contributed by atoms with van der Waals surface area (Å²) < 4.78 is 0. The normalized spacial score (nSPS) is 11.8. The fraction of sp³-hybridized carbons (Fsp3) is 0. The van der Waals surface area contributed by atoms with Gasteiger partial charge < -0.3 is 5.11 Å². The third-order valence-electron chi connectivity index (χ3n) is 1.70. The predicted molar refractivity (Wildman–Crippen MR) is 56.8 cm³/mol. The minimum absolute atomic E-state index is 0.0454. The number of H-pyrrole nitrogens is 1. The summed E-state index contributed by atoms with van der Waals surface area (Å²) in [7, 11) is 0. The molecule has 8 heteroatoms. The van der Waals surface area contributed by atoms with Gasteiger partial charge in [0, 0.05) is 16.5 Å². The molecule has 0 bridgehead atoms. The lowest BCUT2D eigenvalue weighted by Crippen LogP contribution is -2.19. The van der Waals surface area contributed by atoms with Crippen molar-refractivity contribution in [3.05, 3.63) is 33.8 Å². The summed E-state index contributed by atoms with van der Waals surface area (Å²) in [6.45, 7) is 0. The first-order valence-corrected chi connectivity index (χ1v) is 4.87. The highest BCUT2D eigenvalue weighted by atomic mass is 35.5. The van der Waals surface area contributed by atoms with E-state index in [2.05, 4.69) is 25.6 Å². The maximum atomic E-state index is 11.6. The molecule has 82 valence electrons. The minimum Gasteiger partial charge on any atom is -0.858 e. The number of rotatable bonds is 2. The highest BCUT2D eigenvalue weighted by Gasteiger charge is 2.02. The van der Waals surface area contributed by atoms with Gasteiger partial charge in [0.2, 0.25) is 0 Å². The van der Waals surface area contributed by atoms with Gasteiger partial charge in [0.05, 0.1) is 5.02 Å². The number of aromatic amines is 1.